The van der Waals surface area contributed by atoms with Crippen LogP contribution in [0.5, 0.6) is 0 Å². The van der Waals surface area contributed by atoms with E-state index in [1.165, 1.54) is 32.5 Å². The number of nitrogens with zero attached hydrogens (tertiary/aromatic N) is 2. The van der Waals surface area contributed by atoms with Crippen LogP contribution in [0.15, 0.2) is 4.99 Å². The highest BCUT2D eigenvalue weighted by Gasteiger charge is 2.08. The van der Waals surface area contributed by atoms with Gasteiger partial charge in [-0.1, -0.05) is 27.7 Å². The molecule has 0 aromatic carbocycles. The highest BCUT2D eigenvalue weighted by atomic mass is 15.2. The van der Waals surface area contributed by atoms with Gasteiger partial charge < -0.3 is 15.5 Å². The van der Waals surface area contributed by atoms with E-state index in [0.29, 0.717) is 12.0 Å². The molecule has 0 aromatic heterocycles. The largest absolute Gasteiger partial charge is 0.356 e. The Labute approximate surface area is 126 Å². The maximum absolute atomic E-state index is 4.28. The number of hydrogen-bond acceptors (Lipinski definition) is 2. The molecule has 0 aromatic rings. The summed E-state index contributed by atoms with van der Waals surface area (Å²) in [6.45, 7) is 15.7. The summed E-state index contributed by atoms with van der Waals surface area (Å²) in [5.74, 6) is 1.53. The lowest BCUT2D eigenvalue weighted by Gasteiger charge is -2.23. The minimum Gasteiger partial charge on any atom is -0.356 e. The van der Waals surface area contributed by atoms with Crippen LogP contribution in [0.4, 0.5) is 0 Å². The molecule has 0 radical (unpaired) electrons. The third-order valence-electron chi connectivity index (χ3n) is 3.61. The lowest BCUT2D eigenvalue weighted by molar-refractivity contribution is 0.271. The van der Waals surface area contributed by atoms with Crippen molar-refractivity contribution < 1.29 is 0 Å². The van der Waals surface area contributed by atoms with Crippen molar-refractivity contribution in [3.8, 4) is 0 Å². The van der Waals surface area contributed by atoms with Crippen LogP contribution in [0.25, 0.3) is 0 Å². The van der Waals surface area contributed by atoms with E-state index in [1.807, 2.05) is 7.05 Å². The summed E-state index contributed by atoms with van der Waals surface area (Å²) in [6, 6.07) is 0.442. The molecule has 0 fully saturated rings. The Morgan fingerprint density at radius 3 is 2.10 bits per heavy atom. The molecule has 0 saturated carbocycles. The van der Waals surface area contributed by atoms with Crippen molar-refractivity contribution in [2.75, 3.05) is 33.2 Å². The van der Waals surface area contributed by atoms with Gasteiger partial charge in [-0.15, -0.1) is 0 Å². The van der Waals surface area contributed by atoms with Gasteiger partial charge in [0.05, 0.1) is 0 Å². The summed E-state index contributed by atoms with van der Waals surface area (Å²) in [4.78, 5) is 6.83. The molecule has 2 N–H and O–H groups in total. The van der Waals surface area contributed by atoms with Gasteiger partial charge in [0.1, 0.15) is 0 Å². The zero-order chi connectivity index (χ0) is 15.4. The van der Waals surface area contributed by atoms with E-state index in [-0.39, 0.29) is 0 Å². The number of hydrogen-bond donors (Lipinski definition) is 2. The third kappa shape index (κ3) is 9.18. The van der Waals surface area contributed by atoms with Crippen molar-refractivity contribution in [2.24, 2.45) is 10.9 Å². The molecule has 4 heteroatoms. The molecular formula is C16H36N4. The number of aliphatic imine (C=N–C) groups is 1. The van der Waals surface area contributed by atoms with Crippen LogP contribution in [0.3, 0.4) is 0 Å². The van der Waals surface area contributed by atoms with E-state index in [4.69, 9.17) is 0 Å². The first-order valence-corrected chi connectivity index (χ1v) is 8.24. The predicted molar refractivity (Wildman–Crippen MR) is 90.4 cm³/mol. The molecule has 1 atom stereocenters. The van der Waals surface area contributed by atoms with Crippen molar-refractivity contribution >= 4 is 5.96 Å². The van der Waals surface area contributed by atoms with Gasteiger partial charge in [0.15, 0.2) is 5.96 Å². The highest BCUT2D eigenvalue weighted by Crippen LogP contribution is 1.99. The molecule has 120 valence electrons. The van der Waals surface area contributed by atoms with Crippen molar-refractivity contribution in [1.82, 2.24) is 15.5 Å². The Balaban J connectivity index is 3.90. The van der Waals surface area contributed by atoms with E-state index in [9.17, 15) is 0 Å². The molecule has 0 aliphatic rings. The average molecular weight is 284 g/mol. The number of nitrogens with one attached hydrogen (secondary N) is 2. The minimum atomic E-state index is 0.442. The summed E-state index contributed by atoms with van der Waals surface area (Å²) >= 11 is 0. The molecular weight excluding hydrogens is 248 g/mol. The monoisotopic (exact) mass is 284 g/mol. The SMILES string of the molecule is CCCN(CCC)CCCNC(=NC)NC(C)C(C)C. The number of guanidine groups is 1. The summed E-state index contributed by atoms with van der Waals surface area (Å²) in [7, 11) is 1.84. The Morgan fingerprint density at radius 2 is 1.65 bits per heavy atom. The maximum atomic E-state index is 4.28. The lowest BCUT2D eigenvalue weighted by atomic mass is 10.1. The van der Waals surface area contributed by atoms with E-state index >= 15 is 0 Å². The van der Waals surface area contributed by atoms with Crippen LogP contribution < -0.4 is 10.6 Å². The van der Waals surface area contributed by atoms with Crippen molar-refractivity contribution in [1.29, 1.82) is 0 Å². The quantitative estimate of drug-likeness (QED) is 0.368. The zero-order valence-corrected chi connectivity index (χ0v) is 14.5. The summed E-state index contributed by atoms with van der Waals surface area (Å²) in [6.07, 6.45) is 3.64. The minimum absolute atomic E-state index is 0.442. The predicted octanol–water partition coefficient (Wildman–Crippen LogP) is 2.71. The topological polar surface area (TPSA) is 39.7 Å². The van der Waals surface area contributed by atoms with E-state index in [1.54, 1.807) is 0 Å². The van der Waals surface area contributed by atoms with Crippen LogP contribution in [-0.2, 0) is 0 Å². The lowest BCUT2D eigenvalue weighted by Crippen LogP contribution is -2.44. The van der Waals surface area contributed by atoms with Gasteiger partial charge in [-0.25, -0.2) is 0 Å². The fraction of sp³-hybridized carbons (Fsp3) is 0.938. The van der Waals surface area contributed by atoms with Crippen LogP contribution in [-0.4, -0.2) is 50.1 Å². The maximum Gasteiger partial charge on any atom is 0.191 e. The first-order valence-electron chi connectivity index (χ1n) is 8.24. The fourth-order valence-corrected chi connectivity index (χ4v) is 2.05. The second-order valence-electron chi connectivity index (χ2n) is 5.87. The Kier molecular flexibility index (Phi) is 11.5. The van der Waals surface area contributed by atoms with Crippen molar-refractivity contribution in [2.45, 2.75) is 59.9 Å². The third-order valence-corrected chi connectivity index (χ3v) is 3.61. The summed E-state index contributed by atoms with van der Waals surface area (Å²) in [5, 5.41) is 6.84. The highest BCUT2D eigenvalue weighted by molar-refractivity contribution is 5.79. The van der Waals surface area contributed by atoms with E-state index < -0.39 is 0 Å². The Bertz CT molecular complexity index is 245. The molecule has 0 amide bonds. The summed E-state index contributed by atoms with van der Waals surface area (Å²) < 4.78 is 0. The fourth-order valence-electron chi connectivity index (χ4n) is 2.05. The van der Waals surface area contributed by atoms with Gasteiger partial charge >= 0.3 is 0 Å². The Hall–Kier alpha value is -0.770. The van der Waals surface area contributed by atoms with Crippen molar-refractivity contribution in [3.05, 3.63) is 0 Å². The van der Waals surface area contributed by atoms with Crippen LogP contribution >= 0.6 is 0 Å². The first kappa shape index (κ1) is 19.2. The van der Waals surface area contributed by atoms with Gasteiger partial charge in [-0.2, -0.15) is 0 Å². The van der Waals surface area contributed by atoms with E-state index in [0.717, 1.165) is 18.9 Å². The molecule has 1 unspecified atom stereocenters. The molecule has 0 spiro atoms. The molecule has 0 bridgehead atoms. The second kappa shape index (κ2) is 12.0. The zero-order valence-electron chi connectivity index (χ0n) is 14.5. The van der Waals surface area contributed by atoms with E-state index in [2.05, 4.69) is 55.1 Å². The van der Waals surface area contributed by atoms with Crippen molar-refractivity contribution in [3.63, 3.8) is 0 Å². The molecule has 0 aliphatic carbocycles. The normalized spacial score (nSPS) is 13.9. The van der Waals surface area contributed by atoms with Gasteiger partial charge in [0.25, 0.3) is 0 Å². The average Bonchev–Trinajstić information content (AvgIpc) is 2.42. The van der Waals surface area contributed by atoms with Gasteiger partial charge in [0.2, 0.25) is 0 Å². The van der Waals surface area contributed by atoms with Gasteiger partial charge in [0, 0.05) is 19.6 Å². The first-order chi connectivity index (χ1) is 9.54. The van der Waals surface area contributed by atoms with Crippen LogP contribution in [0.1, 0.15) is 53.9 Å². The number of rotatable bonds is 10. The smallest absolute Gasteiger partial charge is 0.191 e. The molecule has 0 heterocycles. The molecule has 0 rings (SSSR count). The Morgan fingerprint density at radius 1 is 1.05 bits per heavy atom. The van der Waals surface area contributed by atoms with Crippen LogP contribution in [0, 0.1) is 5.92 Å². The standard InChI is InChI=1S/C16H36N4/c1-7-11-20(12-8-2)13-9-10-18-16(17-6)19-15(5)14(3)4/h14-15H,7-13H2,1-6H3,(H2,17,18,19). The molecule has 0 saturated heterocycles. The molecule has 20 heavy (non-hydrogen) atoms. The van der Waals surface area contributed by atoms with Gasteiger partial charge in [-0.05, 0) is 51.7 Å². The molecule has 4 nitrogen and oxygen atoms in total. The second-order valence-corrected chi connectivity index (χ2v) is 5.87. The van der Waals surface area contributed by atoms with Crippen LogP contribution in [0.2, 0.25) is 0 Å². The molecule has 0 aliphatic heterocycles. The van der Waals surface area contributed by atoms with Gasteiger partial charge in [-0.3, -0.25) is 4.99 Å². The summed E-state index contributed by atoms with van der Waals surface area (Å²) in [5.41, 5.74) is 0.